The summed E-state index contributed by atoms with van der Waals surface area (Å²) in [5, 5.41) is 15.0. The van der Waals surface area contributed by atoms with Gasteiger partial charge in [-0.25, -0.2) is 9.67 Å². The SMILES string of the molecule is C[C@H]1C2Cc3c(C(N)=O)nn(-c4cc(C#C[C@]5(O)CCN(C)C5=O)ccn4)c3C[C@]21C. The van der Waals surface area contributed by atoms with E-state index in [2.05, 4.69) is 35.8 Å². The highest BCUT2D eigenvalue weighted by molar-refractivity contribution is 5.93. The minimum atomic E-state index is -1.66. The predicted octanol–water partition coefficient (Wildman–Crippen LogP) is 0.682. The van der Waals surface area contributed by atoms with Crippen LogP contribution >= 0.6 is 0 Å². The third kappa shape index (κ3) is 2.87. The Balaban J connectivity index is 1.53. The lowest BCUT2D eigenvalue weighted by Crippen LogP contribution is -2.37. The van der Waals surface area contributed by atoms with Crippen LogP contribution in [0.5, 0.6) is 0 Å². The Morgan fingerprint density at radius 2 is 2.19 bits per heavy atom. The number of aromatic nitrogens is 3. The Kier molecular flexibility index (Phi) is 4.09. The molecule has 3 heterocycles. The molecule has 1 saturated heterocycles. The number of carbonyl (C=O) groups is 2. The summed E-state index contributed by atoms with van der Waals surface area (Å²) in [6, 6.07) is 3.47. The molecule has 8 heteroatoms. The molecule has 2 aliphatic carbocycles. The normalized spacial score (nSPS) is 31.0. The van der Waals surface area contributed by atoms with E-state index in [0.29, 0.717) is 35.5 Å². The Morgan fingerprint density at radius 1 is 1.42 bits per heavy atom. The number of aliphatic hydroxyl groups is 1. The molecule has 4 atom stereocenters. The van der Waals surface area contributed by atoms with Crippen molar-refractivity contribution >= 4 is 11.8 Å². The number of likely N-dealkylation sites (N-methyl/N-ethyl adjacent to an activating group) is 1. The highest BCUT2D eigenvalue weighted by atomic mass is 16.3. The molecule has 1 aliphatic heterocycles. The van der Waals surface area contributed by atoms with Crippen LogP contribution in [-0.4, -0.2) is 55.8 Å². The molecule has 160 valence electrons. The monoisotopic (exact) mass is 419 g/mol. The number of likely N-dealkylation sites (tertiary alicyclic amines) is 1. The maximum Gasteiger partial charge on any atom is 0.269 e. The summed E-state index contributed by atoms with van der Waals surface area (Å²) in [7, 11) is 1.65. The predicted molar refractivity (Wildman–Crippen MR) is 112 cm³/mol. The molecule has 0 aromatic carbocycles. The van der Waals surface area contributed by atoms with Crippen molar-refractivity contribution in [3.8, 4) is 17.7 Å². The topological polar surface area (TPSA) is 114 Å². The molecule has 31 heavy (non-hydrogen) atoms. The first kappa shape index (κ1) is 19.8. The van der Waals surface area contributed by atoms with Gasteiger partial charge in [0.2, 0.25) is 5.60 Å². The fourth-order valence-electron chi connectivity index (χ4n) is 5.22. The first-order chi connectivity index (χ1) is 14.6. The second kappa shape index (κ2) is 6.41. The van der Waals surface area contributed by atoms with Crippen molar-refractivity contribution in [3.63, 3.8) is 0 Å². The molecule has 0 radical (unpaired) electrons. The second-order valence-corrected chi connectivity index (χ2v) is 9.32. The number of hydrogen-bond donors (Lipinski definition) is 2. The Labute approximate surface area is 180 Å². The molecule has 2 aromatic heterocycles. The lowest BCUT2D eigenvalue weighted by atomic mass is 9.87. The summed E-state index contributed by atoms with van der Waals surface area (Å²) < 4.78 is 1.70. The first-order valence-corrected chi connectivity index (χ1v) is 10.5. The molecule has 2 amide bonds. The summed E-state index contributed by atoms with van der Waals surface area (Å²) in [6.45, 7) is 5.00. The molecule has 5 rings (SSSR count). The van der Waals surface area contributed by atoms with E-state index in [4.69, 9.17) is 5.73 Å². The molecule has 0 bridgehead atoms. The second-order valence-electron chi connectivity index (χ2n) is 9.32. The van der Waals surface area contributed by atoms with Crippen molar-refractivity contribution in [2.24, 2.45) is 23.0 Å². The van der Waals surface area contributed by atoms with Gasteiger partial charge >= 0.3 is 0 Å². The van der Waals surface area contributed by atoms with E-state index >= 15 is 0 Å². The number of hydrogen-bond acceptors (Lipinski definition) is 5. The van der Waals surface area contributed by atoms with Crippen LogP contribution < -0.4 is 5.73 Å². The zero-order valence-corrected chi connectivity index (χ0v) is 17.8. The van der Waals surface area contributed by atoms with Crippen LogP contribution in [0.2, 0.25) is 0 Å². The van der Waals surface area contributed by atoms with Crippen LogP contribution in [0.1, 0.15) is 47.6 Å². The number of fused-ring (bicyclic) bond motifs is 2. The average molecular weight is 419 g/mol. The van der Waals surface area contributed by atoms with E-state index in [1.54, 1.807) is 30.1 Å². The van der Waals surface area contributed by atoms with Crippen LogP contribution in [0.3, 0.4) is 0 Å². The number of rotatable bonds is 2. The Morgan fingerprint density at radius 3 is 2.87 bits per heavy atom. The van der Waals surface area contributed by atoms with Gasteiger partial charge in [-0.2, -0.15) is 5.10 Å². The van der Waals surface area contributed by atoms with Crippen LogP contribution in [-0.2, 0) is 17.6 Å². The molecule has 2 aromatic rings. The maximum absolute atomic E-state index is 12.2. The fourth-order valence-corrected chi connectivity index (χ4v) is 5.22. The van der Waals surface area contributed by atoms with Crippen molar-refractivity contribution in [2.75, 3.05) is 13.6 Å². The Hall–Kier alpha value is -3.18. The summed E-state index contributed by atoms with van der Waals surface area (Å²) in [5.74, 6) is 6.38. The van der Waals surface area contributed by atoms with E-state index in [1.165, 1.54) is 4.90 Å². The summed E-state index contributed by atoms with van der Waals surface area (Å²) in [6.07, 6.45) is 3.50. The zero-order chi connectivity index (χ0) is 22.1. The lowest BCUT2D eigenvalue weighted by Gasteiger charge is -2.19. The van der Waals surface area contributed by atoms with Crippen molar-refractivity contribution in [2.45, 2.75) is 38.7 Å². The fraction of sp³-hybridized carbons (Fsp3) is 0.478. The van der Waals surface area contributed by atoms with Gasteiger partial charge in [0.1, 0.15) is 0 Å². The number of primary amides is 1. The third-order valence-electron chi connectivity index (χ3n) is 7.56. The van der Waals surface area contributed by atoms with Crippen molar-refractivity contribution in [1.82, 2.24) is 19.7 Å². The number of nitrogens with two attached hydrogens (primary N) is 1. The number of nitrogens with zero attached hydrogens (tertiary/aromatic N) is 4. The largest absolute Gasteiger partial charge is 0.369 e. The summed E-state index contributed by atoms with van der Waals surface area (Å²) >= 11 is 0. The highest BCUT2D eigenvalue weighted by Gasteiger charge is 2.61. The number of carbonyl (C=O) groups excluding carboxylic acids is 2. The van der Waals surface area contributed by atoms with Crippen LogP contribution in [0, 0.1) is 29.1 Å². The third-order valence-corrected chi connectivity index (χ3v) is 7.56. The molecular weight excluding hydrogens is 394 g/mol. The molecule has 3 N–H and O–H groups in total. The van der Waals surface area contributed by atoms with Crippen molar-refractivity contribution in [1.29, 1.82) is 0 Å². The van der Waals surface area contributed by atoms with Gasteiger partial charge < -0.3 is 15.7 Å². The molecule has 2 fully saturated rings. The van der Waals surface area contributed by atoms with E-state index in [1.807, 2.05) is 0 Å². The molecule has 1 saturated carbocycles. The molecular formula is C23H25N5O3. The van der Waals surface area contributed by atoms with Crippen LogP contribution in [0.15, 0.2) is 18.3 Å². The van der Waals surface area contributed by atoms with Gasteiger partial charge in [0.25, 0.3) is 11.8 Å². The quantitative estimate of drug-likeness (QED) is 0.695. The minimum absolute atomic E-state index is 0.204. The maximum atomic E-state index is 12.2. The van der Waals surface area contributed by atoms with E-state index in [9.17, 15) is 14.7 Å². The summed E-state index contributed by atoms with van der Waals surface area (Å²) in [5.41, 5.74) is 6.97. The van der Waals surface area contributed by atoms with Crippen LogP contribution in [0.4, 0.5) is 0 Å². The average Bonchev–Trinajstić information content (AvgIpc) is 3.00. The van der Waals surface area contributed by atoms with Gasteiger partial charge in [-0.15, -0.1) is 0 Å². The minimum Gasteiger partial charge on any atom is -0.369 e. The number of amides is 2. The van der Waals surface area contributed by atoms with Gasteiger partial charge in [-0.3, -0.25) is 9.59 Å². The van der Waals surface area contributed by atoms with Crippen molar-refractivity contribution in [3.05, 3.63) is 40.8 Å². The van der Waals surface area contributed by atoms with Gasteiger partial charge in [0.15, 0.2) is 11.5 Å². The van der Waals surface area contributed by atoms with E-state index in [-0.39, 0.29) is 17.7 Å². The van der Waals surface area contributed by atoms with Gasteiger partial charge in [-0.1, -0.05) is 25.7 Å². The molecule has 8 nitrogen and oxygen atoms in total. The smallest absolute Gasteiger partial charge is 0.269 e. The lowest BCUT2D eigenvalue weighted by molar-refractivity contribution is -0.137. The first-order valence-electron chi connectivity index (χ1n) is 10.5. The van der Waals surface area contributed by atoms with E-state index < -0.39 is 11.5 Å². The summed E-state index contributed by atoms with van der Waals surface area (Å²) in [4.78, 5) is 30.1. The zero-order valence-electron chi connectivity index (χ0n) is 17.8. The van der Waals surface area contributed by atoms with E-state index in [0.717, 1.165) is 24.1 Å². The van der Waals surface area contributed by atoms with Gasteiger partial charge in [-0.05, 0) is 42.2 Å². The molecule has 3 aliphatic rings. The van der Waals surface area contributed by atoms with Crippen LogP contribution in [0.25, 0.3) is 5.82 Å². The Bertz CT molecular complexity index is 1190. The number of pyridine rings is 1. The molecule has 0 spiro atoms. The standard InChI is InChI=1S/C23H25N5O3/c1-13-16-11-15-17(12-22(13,16)2)28(26-19(15)20(24)29)18-10-14(5-8-25-18)4-6-23(31)7-9-27(3)21(23)30/h5,8,10,13,16,31H,7,9,11-12H2,1-3H3,(H2,24,29)/t13-,16?,22-,23-/m0/s1. The van der Waals surface area contributed by atoms with Crippen molar-refractivity contribution < 1.29 is 14.7 Å². The highest BCUT2D eigenvalue weighted by Crippen LogP contribution is 2.64. The van der Waals surface area contributed by atoms with Gasteiger partial charge in [0.05, 0.1) is 5.69 Å². The molecule has 1 unspecified atom stereocenters. The van der Waals surface area contributed by atoms with Gasteiger partial charge in [0, 0.05) is 37.3 Å².